The summed E-state index contributed by atoms with van der Waals surface area (Å²) in [5.41, 5.74) is -1.19. The number of ether oxygens (including phenoxy) is 3. The molecule has 1 rings (SSSR count). The standard InChI is InChI=1S/C17H23ClO7/c1-3-14(20)23-8-9-24-16(22)17(2)7-5-4-6-13(17)15(21)25-11-12(19)10-18/h3,5,7,12-13,19H,1,4,6,8-11H2,2H3. The van der Waals surface area contributed by atoms with Crippen molar-refractivity contribution in [3.63, 3.8) is 0 Å². The van der Waals surface area contributed by atoms with Crippen LogP contribution in [0.2, 0.25) is 0 Å². The van der Waals surface area contributed by atoms with Crippen molar-refractivity contribution < 1.29 is 33.7 Å². The van der Waals surface area contributed by atoms with Crippen molar-refractivity contribution >= 4 is 29.5 Å². The van der Waals surface area contributed by atoms with Crippen LogP contribution in [-0.4, -0.2) is 54.8 Å². The van der Waals surface area contributed by atoms with Gasteiger partial charge in [-0.25, -0.2) is 4.79 Å². The highest BCUT2D eigenvalue weighted by molar-refractivity contribution is 6.18. The zero-order valence-corrected chi connectivity index (χ0v) is 14.9. The van der Waals surface area contributed by atoms with Crippen LogP contribution in [0.3, 0.4) is 0 Å². The Balaban J connectivity index is 2.64. The van der Waals surface area contributed by atoms with Crippen LogP contribution in [0.25, 0.3) is 0 Å². The van der Waals surface area contributed by atoms with E-state index in [0.717, 1.165) is 6.08 Å². The van der Waals surface area contributed by atoms with E-state index in [9.17, 15) is 19.5 Å². The molecular weight excluding hydrogens is 352 g/mol. The Kier molecular flexibility index (Phi) is 8.65. The zero-order valence-electron chi connectivity index (χ0n) is 14.1. The zero-order chi connectivity index (χ0) is 18.9. The molecule has 0 saturated heterocycles. The summed E-state index contributed by atoms with van der Waals surface area (Å²) in [4.78, 5) is 35.7. The van der Waals surface area contributed by atoms with Crippen LogP contribution in [0.5, 0.6) is 0 Å². The molecule has 25 heavy (non-hydrogen) atoms. The summed E-state index contributed by atoms with van der Waals surface area (Å²) in [6.07, 6.45) is 4.52. The fourth-order valence-corrected chi connectivity index (χ4v) is 2.48. The molecule has 0 fully saturated rings. The van der Waals surface area contributed by atoms with Crippen molar-refractivity contribution in [1.29, 1.82) is 0 Å². The normalized spacial score (nSPS) is 23.4. The van der Waals surface area contributed by atoms with Crippen LogP contribution in [0, 0.1) is 11.3 Å². The molecule has 7 nitrogen and oxygen atoms in total. The predicted octanol–water partition coefficient (Wildman–Crippen LogP) is 1.37. The summed E-state index contributed by atoms with van der Waals surface area (Å²) in [6.45, 7) is 4.38. The van der Waals surface area contributed by atoms with Crippen LogP contribution in [-0.2, 0) is 28.6 Å². The van der Waals surface area contributed by atoms with Gasteiger partial charge in [0.05, 0.1) is 17.2 Å². The quantitative estimate of drug-likeness (QED) is 0.162. The van der Waals surface area contributed by atoms with Gasteiger partial charge in [0.15, 0.2) is 0 Å². The molecule has 0 saturated carbocycles. The van der Waals surface area contributed by atoms with Crippen molar-refractivity contribution in [3.8, 4) is 0 Å². The molecule has 0 amide bonds. The Morgan fingerprint density at radius 2 is 2.04 bits per heavy atom. The molecule has 0 aromatic rings. The lowest BCUT2D eigenvalue weighted by Gasteiger charge is -2.34. The van der Waals surface area contributed by atoms with Gasteiger partial charge < -0.3 is 19.3 Å². The van der Waals surface area contributed by atoms with Gasteiger partial charge in [-0.3, -0.25) is 9.59 Å². The van der Waals surface area contributed by atoms with E-state index in [1.807, 2.05) is 0 Å². The summed E-state index contributed by atoms with van der Waals surface area (Å²) >= 11 is 5.46. The molecule has 0 spiro atoms. The van der Waals surface area contributed by atoms with Crippen LogP contribution in [0.1, 0.15) is 19.8 Å². The fourth-order valence-electron chi connectivity index (χ4n) is 2.39. The minimum atomic E-state index is -1.19. The average Bonchev–Trinajstić information content (AvgIpc) is 2.62. The predicted molar refractivity (Wildman–Crippen MR) is 89.8 cm³/mol. The minimum Gasteiger partial charge on any atom is -0.463 e. The number of alkyl halides is 1. The highest BCUT2D eigenvalue weighted by Crippen LogP contribution is 2.38. The van der Waals surface area contributed by atoms with Crippen LogP contribution < -0.4 is 0 Å². The maximum absolute atomic E-state index is 12.4. The van der Waals surface area contributed by atoms with E-state index in [0.29, 0.717) is 12.8 Å². The lowest BCUT2D eigenvalue weighted by Crippen LogP contribution is -2.43. The van der Waals surface area contributed by atoms with Gasteiger partial charge >= 0.3 is 17.9 Å². The van der Waals surface area contributed by atoms with E-state index >= 15 is 0 Å². The number of hydrogen-bond acceptors (Lipinski definition) is 7. The maximum atomic E-state index is 12.4. The highest BCUT2D eigenvalue weighted by Gasteiger charge is 2.46. The molecule has 0 aliphatic heterocycles. The van der Waals surface area contributed by atoms with Gasteiger partial charge in [0.2, 0.25) is 0 Å². The van der Waals surface area contributed by atoms with Gasteiger partial charge in [0, 0.05) is 6.08 Å². The Hall–Kier alpha value is -1.86. The van der Waals surface area contributed by atoms with E-state index in [-0.39, 0.29) is 25.7 Å². The first-order valence-electron chi connectivity index (χ1n) is 7.90. The van der Waals surface area contributed by atoms with Gasteiger partial charge in [0.25, 0.3) is 0 Å². The Morgan fingerprint density at radius 3 is 2.68 bits per heavy atom. The van der Waals surface area contributed by atoms with Crippen LogP contribution in [0.15, 0.2) is 24.8 Å². The summed E-state index contributed by atoms with van der Waals surface area (Å²) in [7, 11) is 0. The molecule has 1 aliphatic rings. The number of hydrogen-bond donors (Lipinski definition) is 1. The van der Waals surface area contributed by atoms with Gasteiger partial charge in [-0.1, -0.05) is 18.7 Å². The number of carbonyl (C=O) groups excluding carboxylic acids is 3. The first-order valence-corrected chi connectivity index (χ1v) is 8.43. The van der Waals surface area contributed by atoms with Gasteiger partial charge in [-0.15, -0.1) is 11.6 Å². The van der Waals surface area contributed by atoms with Crippen molar-refractivity contribution in [3.05, 3.63) is 24.8 Å². The number of carbonyl (C=O) groups is 3. The highest BCUT2D eigenvalue weighted by atomic mass is 35.5. The molecule has 1 N–H and O–H groups in total. The van der Waals surface area contributed by atoms with Crippen molar-refractivity contribution in [1.82, 2.24) is 0 Å². The number of aliphatic hydroxyl groups excluding tert-OH is 1. The van der Waals surface area contributed by atoms with Crippen LogP contribution >= 0.6 is 11.6 Å². The molecule has 0 aromatic heterocycles. The van der Waals surface area contributed by atoms with E-state index in [2.05, 4.69) is 6.58 Å². The smallest absolute Gasteiger partial charge is 0.330 e. The Morgan fingerprint density at radius 1 is 1.36 bits per heavy atom. The van der Waals surface area contributed by atoms with Crippen molar-refractivity contribution in [2.24, 2.45) is 11.3 Å². The molecule has 0 radical (unpaired) electrons. The first kappa shape index (κ1) is 21.2. The molecule has 3 unspecified atom stereocenters. The number of esters is 3. The molecule has 140 valence electrons. The van der Waals surface area contributed by atoms with E-state index in [1.165, 1.54) is 0 Å². The molecule has 0 heterocycles. The average molecular weight is 375 g/mol. The van der Waals surface area contributed by atoms with Gasteiger partial charge in [0.1, 0.15) is 25.9 Å². The SMILES string of the molecule is C=CC(=O)OCCOC(=O)C1(C)C=CCCC1C(=O)OCC(O)CCl. The second-order valence-electron chi connectivity index (χ2n) is 5.76. The summed E-state index contributed by atoms with van der Waals surface area (Å²) in [6, 6.07) is 0. The Labute approximate surface area is 151 Å². The summed E-state index contributed by atoms with van der Waals surface area (Å²) in [5, 5.41) is 9.39. The number of rotatable bonds is 9. The minimum absolute atomic E-state index is 0.0550. The number of halogens is 1. The molecular formula is C17H23ClO7. The van der Waals surface area contributed by atoms with Gasteiger partial charge in [-0.05, 0) is 19.8 Å². The molecule has 1 aliphatic carbocycles. The Bertz CT molecular complexity index is 531. The lowest BCUT2D eigenvalue weighted by molar-refractivity contribution is -0.168. The van der Waals surface area contributed by atoms with Crippen molar-refractivity contribution in [2.75, 3.05) is 25.7 Å². The third kappa shape index (κ3) is 6.17. The second-order valence-corrected chi connectivity index (χ2v) is 6.07. The maximum Gasteiger partial charge on any atom is 0.330 e. The number of aliphatic hydroxyl groups is 1. The number of allylic oxidation sites excluding steroid dienone is 1. The summed E-state index contributed by atoms with van der Waals surface area (Å²) in [5.74, 6) is -2.60. The molecule has 3 atom stereocenters. The monoisotopic (exact) mass is 374 g/mol. The van der Waals surface area contributed by atoms with E-state index in [1.54, 1.807) is 19.1 Å². The lowest BCUT2D eigenvalue weighted by atomic mass is 9.71. The van der Waals surface area contributed by atoms with E-state index in [4.69, 9.17) is 25.8 Å². The largest absolute Gasteiger partial charge is 0.463 e. The summed E-state index contributed by atoms with van der Waals surface area (Å²) < 4.78 is 14.9. The van der Waals surface area contributed by atoms with Crippen LogP contribution in [0.4, 0.5) is 0 Å². The second kappa shape index (κ2) is 10.2. The molecule has 8 heteroatoms. The topological polar surface area (TPSA) is 99.1 Å². The molecule has 0 aromatic carbocycles. The van der Waals surface area contributed by atoms with Gasteiger partial charge in [-0.2, -0.15) is 0 Å². The fraction of sp³-hybridized carbons (Fsp3) is 0.588. The van der Waals surface area contributed by atoms with Crippen molar-refractivity contribution in [2.45, 2.75) is 25.9 Å². The third-order valence-electron chi connectivity index (χ3n) is 3.86. The third-order valence-corrected chi connectivity index (χ3v) is 4.21. The molecule has 0 bridgehead atoms. The van der Waals surface area contributed by atoms with E-state index < -0.39 is 35.3 Å². The first-order chi connectivity index (χ1) is 11.8.